The molecule has 5 nitrogen and oxygen atoms in total. The van der Waals surface area contributed by atoms with Crippen LogP contribution in [-0.2, 0) is 4.79 Å². The van der Waals surface area contributed by atoms with E-state index in [0.29, 0.717) is 0 Å². The molecule has 5 heteroatoms. The minimum absolute atomic E-state index is 0.00592. The maximum atomic E-state index is 8.36. The highest BCUT2D eigenvalue weighted by atomic mass is 16.3. The molecule has 116 valence electrons. The maximum Gasteiger partial charge on any atom is 0.290 e. The van der Waals surface area contributed by atoms with Crippen molar-refractivity contribution < 1.29 is 9.90 Å². The van der Waals surface area contributed by atoms with E-state index < -0.39 is 0 Å². The number of nitrogens with zero attached hydrogens (tertiary/aromatic N) is 1. The molecule has 1 aliphatic rings. The molecule has 1 heterocycles. The van der Waals surface area contributed by atoms with Gasteiger partial charge in [-0.15, -0.1) is 0 Å². The van der Waals surface area contributed by atoms with Crippen LogP contribution in [0.1, 0.15) is 40.5 Å². The largest absolute Gasteiger partial charge is 0.483 e. The number of nitrogens with two attached hydrogens (primary N) is 2. The molecule has 0 radical (unpaired) electrons. The molecule has 20 heavy (non-hydrogen) atoms. The van der Waals surface area contributed by atoms with E-state index >= 15 is 0 Å². The summed E-state index contributed by atoms with van der Waals surface area (Å²) in [6, 6.07) is 0. The lowest BCUT2D eigenvalue weighted by molar-refractivity contribution is -0.122. The Labute approximate surface area is 122 Å². The minimum Gasteiger partial charge on any atom is -0.483 e. The second-order valence-corrected chi connectivity index (χ2v) is 6.26. The molecule has 1 unspecified atom stereocenters. The topological polar surface area (TPSA) is 92.6 Å². The van der Waals surface area contributed by atoms with Crippen molar-refractivity contribution in [1.82, 2.24) is 4.90 Å². The fourth-order valence-corrected chi connectivity index (χ4v) is 1.95. The van der Waals surface area contributed by atoms with Gasteiger partial charge < -0.3 is 21.5 Å². The molecule has 5 N–H and O–H groups in total. The first kappa shape index (κ1) is 18.4. The summed E-state index contributed by atoms with van der Waals surface area (Å²) in [6.45, 7) is 10.5. The number of carbonyl (C=O) groups is 1. The smallest absolute Gasteiger partial charge is 0.290 e. The van der Waals surface area contributed by atoms with E-state index in [4.69, 9.17) is 21.4 Å². The van der Waals surface area contributed by atoms with Gasteiger partial charge in [0.05, 0.1) is 5.82 Å². The Morgan fingerprint density at radius 2 is 1.85 bits per heavy atom. The number of carboxylic acid groups (broad SMARTS) is 1. The van der Waals surface area contributed by atoms with Crippen molar-refractivity contribution in [2.24, 2.45) is 22.8 Å². The normalized spacial score (nSPS) is 21.0. The minimum atomic E-state index is -0.250. The van der Waals surface area contributed by atoms with Crippen molar-refractivity contribution in [3.05, 3.63) is 23.7 Å². The first-order chi connectivity index (χ1) is 9.22. The van der Waals surface area contributed by atoms with Gasteiger partial charge in [0.2, 0.25) is 0 Å². The molecule has 0 bridgehead atoms. The van der Waals surface area contributed by atoms with Crippen molar-refractivity contribution in [3.63, 3.8) is 0 Å². The second kappa shape index (κ2) is 8.51. The van der Waals surface area contributed by atoms with Crippen molar-refractivity contribution >= 4 is 6.47 Å². The summed E-state index contributed by atoms with van der Waals surface area (Å²) in [5.41, 5.74) is 13.0. The third-order valence-corrected chi connectivity index (χ3v) is 3.32. The van der Waals surface area contributed by atoms with Gasteiger partial charge in [-0.25, -0.2) is 0 Å². The highest BCUT2D eigenvalue weighted by Gasteiger charge is 2.17. The molecule has 0 aliphatic carbocycles. The van der Waals surface area contributed by atoms with E-state index in [1.54, 1.807) is 0 Å². The highest BCUT2D eigenvalue weighted by Crippen LogP contribution is 2.21. The summed E-state index contributed by atoms with van der Waals surface area (Å²) in [6.07, 6.45) is 6.42. The Bertz CT molecular complexity index is 357. The van der Waals surface area contributed by atoms with Crippen molar-refractivity contribution in [1.29, 1.82) is 0 Å². The zero-order chi connectivity index (χ0) is 15.8. The van der Waals surface area contributed by atoms with Gasteiger partial charge in [0, 0.05) is 24.2 Å². The van der Waals surface area contributed by atoms with Gasteiger partial charge >= 0.3 is 0 Å². The monoisotopic (exact) mass is 283 g/mol. The van der Waals surface area contributed by atoms with Crippen LogP contribution >= 0.6 is 0 Å². The maximum absolute atomic E-state index is 8.36. The van der Waals surface area contributed by atoms with E-state index in [2.05, 4.69) is 32.6 Å². The van der Waals surface area contributed by atoms with Gasteiger partial charge in [-0.1, -0.05) is 27.7 Å². The van der Waals surface area contributed by atoms with Crippen molar-refractivity contribution in [2.75, 3.05) is 13.1 Å². The second-order valence-electron chi connectivity index (χ2n) is 6.26. The molecule has 1 aliphatic heterocycles. The molecule has 0 aromatic rings. The SMILES string of the molecule is CC1CCCN(/C(N)=C/C=C(\N)C(C)(C)C)C1.O=CO. The van der Waals surface area contributed by atoms with Crippen LogP contribution in [-0.4, -0.2) is 29.6 Å². The quantitative estimate of drug-likeness (QED) is 0.533. The summed E-state index contributed by atoms with van der Waals surface area (Å²) < 4.78 is 0. The zero-order valence-corrected chi connectivity index (χ0v) is 13.1. The molecule has 0 saturated carbocycles. The molecule has 1 atom stereocenters. The van der Waals surface area contributed by atoms with Gasteiger partial charge in [-0.3, -0.25) is 4.79 Å². The zero-order valence-electron chi connectivity index (χ0n) is 13.1. The number of hydrogen-bond acceptors (Lipinski definition) is 4. The van der Waals surface area contributed by atoms with Crippen LogP contribution < -0.4 is 11.5 Å². The molecule has 0 aromatic carbocycles. The molecule has 0 spiro atoms. The summed E-state index contributed by atoms with van der Waals surface area (Å²) in [4.78, 5) is 10.6. The lowest BCUT2D eigenvalue weighted by Gasteiger charge is -2.32. The molecule has 0 amide bonds. The lowest BCUT2D eigenvalue weighted by atomic mass is 9.92. The molecule has 1 saturated heterocycles. The van der Waals surface area contributed by atoms with Crippen molar-refractivity contribution in [3.8, 4) is 0 Å². The Hall–Kier alpha value is -1.65. The average Bonchev–Trinajstić information content (AvgIpc) is 2.35. The van der Waals surface area contributed by atoms with Gasteiger partial charge in [0.25, 0.3) is 6.47 Å². The Balaban J connectivity index is 0.00000110. The van der Waals surface area contributed by atoms with E-state index in [9.17, 15) is 0 Å². The molecular formula is C15H29N3O2. The highest BCUT2D eigenvalue weighted by molar-refractivity contribution is 5.32. The van der Waals surface area contributed by atoms with E-state index in [-0.39, 0.29) is 11.9 Å². The number of piperidine rings is 1. The average molecular weight is 283 g/mol. The summed E-state index contributed by atoms with van der Waals surface area (Å²) in [7, 11) is 0. The third kappa shape index (κ3) is 7.07. The Morgan fingerprint density at radius 3 is 2.30 bits per heavy atom. The number of hydrogen-bond donors (Lipinski definition) is 3. The third-order valence-electron chi connectivity index (χ3n) is 3.32. The van der Waals surface area contributed by atoms with Crippen LogP contribution in [0.5, 0.6) is 0 Å². The predicted molar refractivity (Wildman–Crippen MR) is 82.7 cm³/mol. The summed E-state index contributed by atoms with van der Waals surface area (Å²) in [5.74, 6) is 1.57. The lowest BCUT2D eigenvalue weighted by Crippen LogP contribution is -2.36. The molecule has 1 rings (SSSR count). The standard InChI is InChI=1S/C14H27N3.CH2O2/c1-11-6-5-9-17(10-11)13(16)8-7-12(15)14(2,3)4;2-1-3/h7-8,11H,5-6,9-10,15-16H2,1-4H3;1H,(H,2,3)/b12-7-,13-8+;. The number of likely N-dealkylation sites (tertiary alicyclic amines) is 1. The molecule has 1 fully saturated rings. The van der Waals surface area contributed by atoms with Crippen molar-refractivity contribution in [2.45, 2.75) is 40.5 Å². The first-order valence-electron chi connectivity index (χ1n) is 6.98. The van der Waals surface area contributed by atoms with Crippen LogP contribution in [0.2, 0.25) is 0 Å². The van der Waals surface area contributed by atoms with Gasteiger partial charge in [0.1, 0.15) is 0 Å². The fourth-order valence-electron chi connectivity index (χ4n) is 1.95. The molecular weight excluding hydrogens is 254 g/mol. The van der Waals surface area contributed by atoms with Crippen LogP contribution in [0.3, 0.4) is 0 Å². The predicted octanol–water partition coefficient (Wildman–Crippen LogP) is 2.11. The Morgan fingerprint density at radius 1 is 1.30 bits per heavy atom. The van der Waals surface area contributed by atoms with Crippen LogP contribution in [0, 0.1) is 11.3 Å². The van der Waals surface area contributed by atoms with Gasteiger partial charge in [-0.05, 0) is 30.9 Å². The molecule has 0 aromatic heterocycles. The van der Waals surface area contributed by atoms with Gasteiger partial charge in [-0.2, -0.15) is 0 Å². The van der Waals surface area contributed by atoms with E-state index in [0.717, 1.165) is 30.5 Å². The Kier molecular flexibility index (Phi) is 7.80. The van der Waals surface area contributed by atoms with E-state index in [1.165, 1.54) is 12.8 Å². The van der Waals surface area contributed by atoms with Crippen LogP contribution in [0.4, 0.5) is 0 Å². The number of allylic oxidation sites excluding steroid dienone is 3. The summed E-state index contributed by atoms with van der Waals surface area (Å²) >= 11 is 0. The van der Waals surface area contributed by atoms with E-state index in [1.807, 2.05) is 12.2 Å². The summed E-state index contributed by atoms with van der Waals surface area (Å²) in [5, 5.41) is 6.89. The number of rotatable bonds is 2. The first-order valence-corrected chi connectivity index (χ1v) is 6.98. The van der Waals surface area contributed by atoms with Crippen LogP contribution in [0.25, 0.3) is 0 Å². The fraction of sp³-hybridized carbons (Fsp3) is 0.667. The van der Waals surface area contributed by atoms with Crippen LogP contribution in [0.15, 0.2) is 23.7 Å². The van der Waals surface area contributed by atoms with Gasteiger partial charge in [0.15, 0.2) is 0 Å².